The first-order valence-electron chi connectivity index (χ1n) is 7.86. The molecule has 2 atom stereocenters. The van der Waals surface area contributed by atoms with Gasteiger partial charge in [0.1, 0.15) is 12.0 Å². The molecule has 1 aliphatic rings. The molecule has 116 valence electrons. The van der Waals surface area contributed by atoms with E-state index in [1.165, 1.54) is 5.56 Å². The standard InChI is InChI=1S/C19H23NO2/c1-14(2)17-13-22-19(16-10-6-7-11-18(16)21)20(17)12-15-8-4-3-5-9-15/h3-11,14,17,19,21H,12-13H2,1-2H3/t17-,19?/m1/s1. The zero-order chi connectivity index (χ0) is 15.5. The molecule has 0 radical (unpaired) electrons. The van der Waals surface area contributed by atoms with Crippen LogP contribution in [0.15, 0.2) is 54.6 Å². The van der Waals surface area contributed by atoms with Crippen LogP contribution < -0.4 is 0 Å². The summed E-state index contributed by atoms with van der Waals surface area (Å²) >= 11 is 0. The van der Waals surface area contributed by atoms with Gasteiger partial charge in [0.25, 0.3) is 0 Å². The third kappa shape index (κ3) is 3.01. The molecule has 0 aromatic heterocycles. The van der Waals surface area contributed by atoms with Crippen molar-refractivity contribution in [3.8, 4) is 5.75 Å². The summed E-state index contributed by atoms with van der Waals surface area (Å²) in [6, 6.07) is 18.2. The third-order valence-corrected chi connectivity index (χ3v) is 4.33. The molecular formula is C19H23NO2. The Morgan fingerprint density at radius 2 is 1.77 bits per heavy atom. The first-order chi connectivity index (χ1) is 10.7. The summed E-state index contributed by atoms with van der Waals surface area (Å²) in [6.07, 6.45) is -0.186. The predicted molar refractivity (Wildman–Crippen MR) is 87.4 cm³/mol. The van der Waals surface area contributed by atoms with Gasteiger partial charge in [0, 0.05) is 18.2 Å². The van der Waals surface area contributed by atoms with Crippen LogP contribution in [0.25, 0.3) is 0 Å². The number of phenols is 1. The van der Waals surface area contributed by atoms with E-state index in [1.54, 1.807) is 6.07 Å². The minimum absolute atomic E-state index is 0.186. The summed E-state index contributed by atoms with van der Waals surface area (Å²) in [6.45, 7) is 5.96. The zero-order valence-corrected chi connectivity index (χ0v) is 13.1. The van der Waals surface area contributed by atoms with Crippen LogP contribution in [0.2, 0.25) is 0 Å². The Morgan fingerprint density at radius 1 is 1.09 bits per heavy atom. The SMILES string of the molecule is CC(C)[C@H]1COC(c2ccccc2O)N1Cc1ccccc1. The number of ether oxygens (including phenoxy) is 1. The molecule has 0 amide bonds. The summed E-state index contributed by atoms with van der Waals surface area (Å²) in [7, 11) is 0. The van der Waals surface area contributed by atoms with Crippen LogP contribution in [0.4, 0.5) is 0 Å². The van der Waals surface area contributed by atoms with Crippen LogP contribution in [0.1, 0.15) is 31.2 Å². The van der Waals surface area contributed by atoms with E-state index >= 15 is 0 Å². The number of hydrogen-bond acceptors (Lipinski definition) is 3. The molecule has 0 spiro atoms. The summed E-state index contributed by atoms with van der Waals surface area (Å²) in [5.41, 5.74) is 2.11. The number of benzene rings is 2. The molecule has 1 saturated heterocycles. The zero-order valence-electron chi connectivity index (χ0n) is 13.1. The van der Waals surface area contributed by atoms with Crippen molar-refractivity contribution in [1.82, 2.24) is 4.90 Å². The fraction of sp³-hybridized carbons (Fsp3) is 0.368. The molecular weight excluding hydrogens is 274 g/mol. The van der Waals surface area contributed by atoms with Gasteiger partial charge in [0.15, 0.2) is 0 Å². The van der Waals surface area contributed by atoms with E-state index < -0.39 is 0 Å². The molecule has 1 aliphatic heterocycles. The molecule has 1 fully saturated rings. The second-order valence-corrected chi connectivity index (χ2v) is 6.21. The first kappa shape index (κ1) is 15.1. The molecule has 1 heterocycles. The van der Waals surface area contributed by atoms with Crippen molar-refractivity contribution in [3.05, 3.63) is 65.7 Å². The van der Waals surface area contributed by atoms with Gasteiger partial charge in [-0.05, 0) is 17.5 Å². The second-order valence-electron chi connectivity index (χ2n) is 6.21. The maximum absolute atomic E-state index is 10.2. The van der Waals surface area contributed by atoms with E-state index in [0.717, 1.165) is 12.1 Å². The van der Waals surface area contributed by atoms with E-state index in [4.69, 9.17) is 4.74 Å². The predicted octanol–water partition coefficient (Wildman–Crippen LogP) is 3.95. The smallest absolute Gasteiger partial charge is 0.141 e. The summed E-state index contributed by atoms with van der Waals surface area (Å²) in [5, 5.41) is 10.2. The average Bonchev–Trinajstić information content (AvgIpc) is 2.92. The topological polar surface area (TPSA) is 32.7 Å². The maximum atomic E-state index is 10.2. The Morgan fingerprint density at radius 3 is 2.45 bits per heavy atom. The van der Waals surface area contributed by atoms with E-state index in [2.05, 4.69) is 43.0 Å². The van der Waals surface area contributed by atoms with E-state index in [-0.39, 0.29) is 6.23 Å². The van der Waals surface area contributed by atoms with Gasteiger partial charge in [0.05, 0.1) is 6.61 Å². The van der Waals surface area contributed by atoms with Crippen LogP contribution in [0, 0.1) is 5.92 Å². The van der Waals surface area contributed by atoms with Crippen LogP contribution >= 0.6 is 0 Å². The normalized spacial score (nSPS) is 22.3. The molecule has 0 bridgehead atoms. The largest absolute Gasteiger partial charge is 0.508 e. The van der Waals surface area contributed by atoms with Gasteiger partial charge in [-0.15, -0.1) is 0 Å². The van der Waals surface area contributed by atoms with Gasteiger partial charge in [-0.25, -0.2) is 0 Å². The molecule has 22 heavy (non-hydrogen) atoms. The lowest BCUT2D eigenvalue weighted by molar-refractivity contribution is 0.0206. The Labute approximate surface area is 132 Å². The fourth-order valence-electron chi connectivity index (χ4n) is 3.09. The van der Waals surface area contributed by atoms with Crippen LogP contribution in [0.5, 0.6) is 5.75 Å². The maximum Gasteiger partial charge on any atom is 0.141 e. The molecule has 3 nitrogen and oxygen atoms in total. The number of hydrogen-bond donors (Lipinski definition) is 1. The van der Waals surface area contributed by atoms with Gasteiger partial charge < -0.3 is 9.84 Å². The molecule has 0 saturated carbocycles. The summed E-state index contributed by atoms with van der Waals surface area (Å²) in [4.78, 5) is 2.36. The van der Waals surface area contributed by atoms with Crippen molar-refractivity contribution in [2.75, 3.05) is 6.61 Å². The molecule has 3 heteroatoms. The molecule has 3 rings (SSSR count). The third-order valence-electron chi connectivity index (χ3n) is 4.33. The van der Waals surface area contributed by atoms with Crippen molar-refractivity contribution >= 4 is 0 Å². The molecule has 2 aromatic carbocycles. The average molecular weight is 297 g/mol. The van der Waals surface area contributed by atoms with Crippen molar-refractivity contribution in [1.29, 1.82) is 0 Å². The monoisotopic (exact) mass is 297 g/mol. The molecule has 0 aliphatic carbocycles. The van der Waals surface area contributed by atoms with Gasteiger partial charge in [-0.1, -0.05) is 62.4 Å². The lowest BCUT2D eigenvalue weighted by atomic mass is 10.0. The number of phenolic OH excluding ortho intramolecular Hbond substituents is 1. The summed E-state index contributed by atoms with van der Waals surface area (Å²) < 4.78 is 6.04. The van der Waals surface area contributed by atoms with Crippen molar-refractivity contribution < 1.29 is 9.84 Å². The van der Waals surface area contributed by atoms with Crippen molar-refractivity contribution in [2.45, 2.75) is 32.7 Å². The molecule has 1 unspecified atom stereocenters. The van der Waals surface area contributed by atoms with Crippen molar-refractivity contribution in [2.24, 2.45) is 5.92 Å². The number of rotatable bonds is 4. The highest BCUT2D eigenvalue weighted by molar-refractivity contribution is 5.34. The Bertz CT molecular complexity index is 612. The van der Waals surface area contributed by atoms with Crippen LogP contribution in [0.3, 0.4) is 0 Å². The molecule has 2 aromatic rings. The highest BCUT2D eigenvalue weighted by atomic mass is 16.5. The number of aromatic hydroxyl groups is 1. The lowest BCUT2D eigenvalue weighted by Gasteiger charge is -2.30. The van der Waals surface area contributed by atoms with Crippen molar-refractivity contribution in [3.63, 3.8) is 0 Å². The highest BCUT2D eigenvalue weighted by Crippen LogP contribution is 2.38. The minimum atomic E-state index is -0.186. The Hall–Kier alpha value is -1.84. The van der Waals surface area contributed by atoms with Gasteiger partial charge in [-0.2, -0.15) is 0 Å². The first-order valence-corrected chi connectivity index (χ1v) is 7.86. The Balaban J connectivity index is 1.90. The fourth-order valence-corrected chi connectivity index (χ4v) is 3.09. The number of para-hydroxylation sites is 1. The van der Waals surface area contributed by atoms with E-state index in [0.29, 0.717) is 24.3 Å². The van der Waals surface area contributed by atoms with E-state index in [1.807, 2.05) is 24.3 Å². The minimum Gasteiger partial charge on any atom is -0.508 e. The number of nitrogens with zero attached hydrogens (tertiary/aromatic N) is 1. The highest BCUT2D eigenvalue weighted by Gasteiger charge is 2.37. The van der Waals surface area contributed by atoms with Gasteiger partial charge >= 0.3 is 0 Å². The van der Waals surface area contributed by atoms with Gasteiger partial charge in [-0.3, -0.25) is 4.90 Å². The van der Waals surface area contributed by atoms with E-state index in [9.17, 15) is 5.11 Å². The molecule has 1 N–H and O–H groups in total. The summed E-state index contributed by atoms with van der Waals surface area (Å²) in [5.74, 6) is 0.800. The second kappa shape index (κ2) is 6.51. The van der Waals surface area contributed by atoms with Crippen LogP contribution in [-0.2, 0) is 11.3 Å². The lowest BCUT2D eigenvalue weighted by Crippen LogP contribution is -2.36. The van der Waals surface area contributed by atoms with Gasteiger partial charge in [0.2, 0.25) is 0 Å². The quantitative estimate of drug-likeness (QED) is 0.927. The van der Waals surface area contributed by atoms with Crippen LogP contribution in [-0.4, -0.2) is 22.7 Å². The Kier molecular flexibility index (Phi) is 4.46.